The number of esters is 1. The Balaban J connectivity index is 1.63. The average molecular weight is 507 g/mol. The van der Waals surface area contributed by atoms with Gasteiger partial charge in [0.2, 0.25) is 10.0 Å². The minimum atomic E-state index is -3.89. The third-order valence-electron chi connectivity index (χ3n) is 7.79. The molecule has 2 bridgehead atoms. The molecule has 4 aliphatic rings. The van der Waals surface area contributed by atoms with Gasteiger partial charge in [0.1, 0.15) is 6.61 Å². The second kappa shape index (κ2) is 7.73. The molecule has 2 aromatic rings. The summed E-state index contributed by atoms with van der Waals surface area (Å²) in [6, 6.07) is 3.59. The summed E-state index contributed by atoms with van der Waals surface area (Å²) < 4.78 is 34.5. The number of rotatable bonds is 7. The monoisotopic (exact) mass is 506 g/mol. The Morgan fingerprint density at radius 3 is 2.66 bits per heavy atom. The minimum Gasteiger partial charge on any atom is -0.469 e. The Kier molecular flexibility index (Phi) is 5.24. The van der Waals surface area contributed by atoms with E-state index in [-0.39, 0.29) is 29.5 Å². The molecule has 188 valence electrons. The lowest BCUT2D eigenvalue weighted by molar-refractivity contribution is -0.764. The number of fused-ring (bicyclic) bond motifs is 1. The lowest BCUT2D eigenvalue weighted by atomic mass is 9.32. The molecule has 0 amide bonds. The van der Waals surface area contributed by atoms with Crippen molar-refractivity contribution in [1.29, 1.82) is 0 Å². The molecule has 0 radical (unpaired) electrons. The van der Waals surface area contributed by atoms with Gasteiger partial charge in [-0.3, -0.25) is 9.59 Å². The molecule has 12 nitrogen and oxygen atoms in total. The van der Waals surface area contributed by atoms with Gasteiger partial charge in [-0.15, -0.1) is 10.1 Å². The zero-order valence-electron chi connectivity index (χ0n) is 19.3. The van der Waals surface area contributed by atoms with E-state index in [1.54, 1.807) is 13.0 Å². The van der Waals surface area contributed by atoms with Crippen LogP contribution in [0.3, 0.4) is 0 Å². The number of aromatic nitrogens is 1. The maximum absolute atomic E-state index is 13.7. The van der Waals surface area contributed by atoms with Crippen molar-refractivity contribution in [1.82, 2.24) is 8.87 Å². The zero-order chi connectivity index (χ0) is 25.3. The second-order valence-corrected chi connectivity index (χ2v) is 11.8. The summed E-state index contributed by atoms with van der Waals surface area (Å²) in [4.78, 5) is 41.8. The van der Waals surface area contributed by atoms with Crippen LogP contribution in [-0.4, -0.2) is 61.2 Å². The molecule has 2 N–H and O–H groups in total. The normalized spacial score (nSPS) is 29.9. The van der Waals surface area contributed by atoms with Crippen LogP contribution in [0, 0.1) is 27.9 Å². The summed E-state index contributed by atoms with van der Waals surface area (Å²) in [5, 5.41) is 10.4. The highest BCUT2D eigenvalue weighted by molar-refractivity contribution is 7.89. The van der Waals surface area contributed by atoms with E-state index < -0.39 is 43.5 Å². The molecule has 1 unspecified atom stereocenters. The van der Waals surface area contributed by atoms with Crippen molar-refractivity contribution in [2.75, 3.05) is 26.8 Å². The molecule has 4 fully saturated rings. The molecular formula is C22H26N4O8S. The summed E-state index contributed by atoms with van der Waals surface area (Å²) in [7, 11) is -2.63. The van der Waals surface area contributed by atoms with Gasteiger partial charge in [-0.25, -0.2) is 8.42 Å². The van der Waals surface area contributed by atoms with Gasteiger partial charge in [-0.2, -0.15) is 4.31 Å². The molecule has 1 aromatic carbocycles. The first-order chi connectivity index (χ1) is 16.5. The first kappa shape index (κ1) is 23.7. The highest BCUT2D eigenvalue weighted by Crippen LogP contribution is 2.79. The number of hydrogen-bond donors (Lipinski definition) is 1. The number of sulfonamides is 1. The Labute approximate surface area is 200 Å². The van der Waals surface area contributed by atoms with Gasteiger partial charge < -0.3 is 19.9 Å². The Morgan fingerprint density at radius 2 is 2.06 bits per heavy atom. The molecule has 1 aliphatic heterocycles. The summed E-state index contributed by atoms with van der Waals surface area (Å²) >= 11 is 0. The topological polar surface area (TPSA) is 164 Å². The summed E-state index contributed by atoms with van der Waals surface area (Å²) in [5.41, 5.74) is 4.22. The first-order valence-corrected chi connectivity index (χ1v) is 12.7. The largest absolute Gasteiger partial charge is 0.469 e. The maximum Gasteiger partial charge on any atom is 0.313 e. The standard InChI is InChI=1S/C22H26N4O8S/c1-13-8-25(19-21(12-34-26(29)30)10-22(19,11-21)20(28)33-2)18(27)15-4-3-5-16(17(13)15)35(31,32)24-7-6-14(23)9-24/h3-5,8,14,19H,6-7,9-12,23H2,1-2H3/t14?,19-,21?,22?/m0/s1. The molecule has 6 rings (SSSR count). The van der Waals surface area contributed by atoms with Crippen LogP contribution >= 0.6 is 0 Å². The zero-order valence-corrected chi connectivity index (χ0v) is 20.1. The van der Waals surface area contributed by atoms with Crippen molar-refractivity contribution in [3.8, 4) is 0 Å². The number of ether oxygens (including phenoxy) is 1. The van der Waals surface area contributed by atoms with Gasteiger partial charge in [0.15, 0.2) is 0 Å². The van der Waals surface area contributed by atoms with E-state index in [4.69, 9.17) is 10.5 Å². The summed E-state index contributed by atoms with van der Waals surface area (Å²) in [6.45, 7) is 1.95. The second-order valence-electron chi connectivity index (χ2n) is 9.88. The molecule has 3 aliphatic carbocycles. The van der Waals surface area contributed by atoms with Gasteiger partial charge in [-0.1, -0.05) is 6.07 Å². The van der Waals surface area contributed by atoms with Crippen molar-refractivity contribution >= 4 is 26.8 Å². The Morgan fingerprint density at radius 1 is 1.34 bits per heavy atom. The highest BCUT2D eigenvalue weighted by atomic mass is 32.2. The van der Waals surface area contributed by atoms with E-state index >= 15 is 0 Å². The fourth-order valence-electron chi connectivity index (χ4n) is 6.40. The number of carbonyl (C=O) groups is 1. The number of pyridine rings is 1. The summed E-state index contributed by atoms with van der Waals surface area (Å²) in [5.74, 6) is -0.489. The highest BCUT2D eigenvalue weighted by Gasteiger charge is 2.80. The number of aryl methyl sites for hydroxylation is 1. The van der Waals surface area contributed by atoms with Gasteiger partial charge in [0.25, 0.3) is 10.6 Å². The Bertz CT molecular complexity index is 1410. The van der Waals surface area contributed by atoms with Crippen LogP contribution in [0.25, 0.3) is 10.8 Å². The fourth-order valence-corrected chi connectivity index (χ4v) is 8.19. The number of hydrogen-bond acceptors (Lipinski definition) is 9. The molecule has 1 aromatic heterocycles. The molecule has 2 heterocycles. The lowest BCUT2D eigenvalue weighted by Crippen LogP contribution is -2.76. The number of nitrogens with two attached hydrogens (primary N) is 1. The smallest absolute Gasteiger partial charge is 0.313 e. The number of carbonyl (C=O) groups excluding carboxylic acids is 1. The minimum absolute atomic E-state index is 0.0266. The predicted molar refractivity (Wildman–Crippen MR) is 122 cm³/mol. The Hall–Kier alpha value is -3.03. The lowest BCUT2D eigenvalue weighted by Gasteiger charge is -2.73. The molecule has 3 saturated carbocycles. The fraction of sp³-hybridized carbons (Fsp3) is 0.545. The van der Waals surface area contributed by atoms with E-state index in [1.807, 2.05) is 0 Å². The van der Waals surface area contributed by atoms with Gasteiger partial charge >= 0.3 is 5.97 Å². The van der Waals surface area contributed by atoms with E-state index in [9.17, 15) is 28.1 Å². The van der Waals surface area contributed by atoms with Gasteiger partial charge in [0.05, 0.1) is 23.5 Å². The van der Waals surface area contributed by atoms with Crippen molar-refractivity contribution in [3.63, 3.8) is 0 Å². The van der Waals surface area contributed by atoms with E-state index in [1.165, 1.54) is 34.3 Å². The SMILES string of the molecule is COC(=O)C12CC(CO[N+](=O)[O-])(C1)[C@@H]2n1cc(C)c2c(S(=O)(=O)N3CCC(N)C3)cccc2c1=O. The van der Waals surface area contributed by atoms with Crippen LogP contribution in [0.1, 0.15) is 30.9 Å². The molecular weight excluding hydrogens is 480 g/mol. The number of benzene rings is 1. The maximum atomic E-state index is 13.7. The average Bonchev–Trinajstić information content (AvgIpc) is 3.22. The van der Waals surface area contributed by atoms with Crippen LogP contribution in [0.2, 0.25) is 0 Å². The predicted octanol–water partition coefficient (Wildman–Crippen LogP) is 0.734. The van der Waals surface area contributed by atoms with Crippen LogP contribution in [0.4, 0.5) is 0 Å². The quantitative estimate of drug-likeness (QED) is 0.324. The number of nitrogens with zero attached hydrogens (tertiary/aromatic N) is 3. The molecule has 35 heavy (non-hydrogen) atoms. The molecule has 0 spiro atoms. The van der Waals surface area contributed by atoms with E-state index in [0.717, 1.165) is 0 Å². The van der Waals surface area contributed by atoms with Gasteiger partial charge in [-0.05, 0) is 43.9 Å². The molecule has 13 heteroatoms. The van der Waals surface area contributed by atoms with Crippen molar-refractivity contribution in [3.05, 3.63) is 50.4 Å². The third kappa shape index (κ3) is 3.21. The van der Waals surface area contributed by atoms with E-state index in [0.29, 0.717) is 36.8 Å². The molecule has 1 saturated heterocycles. The van der Waals surface area contributed by atoms with Crippen LogP contribution < -0.4 is 11.3 Å². The van der Waals surface area contributed by atoms with Crippen LogP contribution in [-0.2, 0) is 24.4 Å². The van der Waals surface area contributed by atoms with Crippen molar-refractivity contribution in [2.45, 2.75) is 43.2 Å². The van der Waals surface area contributed by atoms with Crippen molar-refractivity contribution in [2.24, 2.45) is 16.6 Å². The van der Waals surface area contributed by atoms with Crippen molar-refractivity contribution < 1.29 is 27.9 Å². The summed E-state index contributed by atoms with van der Waals surface area (Å²) in [6.07, 6.45) is 2.69. The number of methoxy groups -OCH3 is 1. The van der Waals surface area contributed by atoms with Crippen LogP contribution in [0.5, 0.6) is 0 Å². The van der Waals surface area contributed by atoms with Gasteiger partial charge in [0, 0.05) is 41.5 Å². The third-order valence-corrected chi connectivity index (χ3v) is 9.70. The first-order valence-electron chi connectivity index (χ1n) is 11.2. The molecule has 2 atom stereocenters. The van der Waals surface area contributed by atoms with E-state index in [2.05, 4.69) is 4.84 Å². The van der Waals surface area contributed by atoms with Crippen LogP contribution in [0.15, 0.2) is 34.1 Å².